The number of benzene rings is 1. The van der Waals surface area contributed by atoms with Crippen LogP contribution in [0, 0.1) is 5.82 Å². The van der Waals surface area contributed by atoms with E-state index in [0.717, 1.165) is 12.1 Å². The standard InChI is InChI=1S/C14H15FN6O5S/c1-20(2)10-5-11(23)18-14(17-10)16-7-3-8(15)13(9(22)4-7)21-6-12(24)19-27(21,25)26/h3-5,22H,6H2,1-2H3,(H,19,24)(H2,16,17,18,23). The molecule has 1 fully saturated rings. The van der Waals surface area contributed by atoms with Gasteiger partial charge in [-0.3, -0.25) is 4.79 Å². The van der Waals surface area contributed by atoms with Gasteiger partial charge in [-0.1, -0.05) is 0 Å². The number of hydrogen-bond donors (Lipinski definition) is 4. The van der Waals surface area contributed by atoms with Crippen LogP contribution in [0.5, 0.6) is 11.6 Å². The number of carbonyl (C=O) groups excluding carboxylic acids is 1. The van der Waals surface area contributed by atoms with Crippen molar-refractivity contribution in [1.29, 1.82) is 0 Å². The van der Waals surface area contributed by atoms with Gasteiger partial charge in [0.2, 0.25) is 11.8 Å². The molecule has 1 aliphatic heterocycles. The molecule has 144 valence electrons. The summed E-state index contributed by atoms with van der Waals surface area (Å²) < 4.78 is 40.3. The molecule has 0 aliphatic carbocycles. The molecule has 4 N–H and O–H groups in total. The molecule has 0 atom stereocenters. The number of phenols is 1. The Morgan fingerprint density at radius 1 is 1.26 bits per heavy atom. The van der Waals surface area contributed by atoms with Crippen LogP contribution in [-0.2, 0) is 15.0 Å². The van der Waals surface area contributed by atoms with Crippen LogP contribution in [0.3, 0.4) is 0 Å². The van der Waals surface area contributed by atoms with Gasteiger partial charge in [0.15, 0.2) is 5.82 Å². The molecule has 1 aliphatic rings. The summed E-state index contributed by atoms with van der Waals surface area (Å²) in [7, 11) is -0.892. The maximum Gasteiger partial charge on any atom is 0.326 e. The molecule has 13 heteroatoms. The number of carbonyl (C=O) groups is 1. The fraction of sp³-hybridized carbons (Fsp3) is 0.214. The first kappa shape index (κ1) is 18.4. The third kappa shape index (κ3) is 3.62. The molecule has 1 aromatic carbocycles. The highest BCUT2D eigenvalue weighted by Crippen LogP contribution is 2.36. The predicted molar refractivity (Wildman–Crippen MR) is 93.8 cm³/mol. The summed E-state index contributed by atoms with van der Waals surface area (Å²) in [6.45, 7) is -0.651. The maximum atomic E-state index is 14.5. The Labute approximate surface area is 153 Å². The van der Waals surface area contributed by atoms with Gasteiger partial charge in [0, 0.05) is 31.9 Å². The number of nitrogens with zero attached hydrogens (tertiary/aromatic N) is 4. The summed E-state index contributed by atoms with van der Waals surface area (Å²) in [5.74, 6) is -2.68. The Morgan fingerprint density at radius 2 is 1.96 bits per heavy atom. The third-order valence-corrected chi connectivity index (χ3v) is 4.90. The van der Waals surface area contributed by atoms with E-state index in [1.807, 2.05) is 0 Å². The molecule has 11 nitrogen and oxygen atoms in total. The van der Waals surface area contributed by atoms with Crippen molar-refractivity contribution in [3.63, 3.8) is 0 Å². The number of aromatic nitrogens is 2. The largest absolute Gasteiger partial charge is 0.506 e. The minimum absolute atomic E-state index is 0.0000586. The Morgan fingerprint density at radius 3 is 2.52 bits per heavy atom. The lowest BCUT2D eigenvalue weighted by molar-refractivity contribution is -0.117. The van der Waals surface area contributed by atoms with Crippen LogP contribution >= 0.6 is 0 Å². The average molecular weight is 398 g/mol. The smallest absolute Gasteiger partial charge is 0.326 e. The molecular formula is C14H15FN6O5S. The molecule has 1 amide bonds. The van der Waals surface area contributed by atoms with Crippen molar-refractivity contribution in [3.05, 3.63) is 24.0 Å². The highest BCUT2D eigenvalue weighted by atomic mass is 32.2. The van der Waals surface area contributed by atoms with E-state index in [1.165, 1.54) is 6.07 Å². The van der Waals surface area contributed by atoms with E-state index in [0.29, 0.717) is 10.1 Å². The number of anilines is 4. The van der Waals surface area contributed by atoms with E-state index in [-0.39, 0.29) is 17.5 Å². The summed E-state index contributed by atoms with van der Waals surface area (Å²) in [5, 5.41) is 22.4. The van der Waals surface area contributed by atoms with Gasteiger partial charge in [0.1, 0.15) is 23.8 Å². The number of hydrogen-bond acceptors (Lipinski definition) is 9. The van der Waals surface area contributed by atoms with Crippen LogP contribution in [0.1, 0.15) is 0 Å². The lowest BCUT2D eigenvalue weighted by Gasteiger charge is -2.18. The van der Waals surface area contributed by atoms with Crippen molar-refractivity contribution in [2.45, 2.75) is 0 Å². The first-order valence-electron chi connectivity index (χ1n) is 7.45. The Hall–Kier alpha value is -3.35. The van der Waals surface area contributed by atoms with Crippen LogP contribution in [0.2, 0.25) is 0 Å². The van der Waals surface area contributed by atoms with Crippen LogP contribution in [-0.4, -0.2) is 55.1 Å². The van der Waals surface area contributed by atoms with Crippen molar-refractivity contribution in [3.8, 4) is 11.6 Å². The van der Waals surface area contributed by atoms with Crippen LogP contribution in [0.4, 0.5) is 27.5 Å². The van der Waals surface area contributed by atoms with Crippen LogP contribution in [0.15, 0.2) is 18.2 Å². The molecule has 1 saturated heterocycles. The summed E-state index contributed by atoms with van der Waals surface area (Å²) in [5.41, 5.74) is -0.662. The first-order chi connectivity index (χ1) is 12.6. The zero-order chi connectivity index (χ0) is 19.9. The van der Waals surface area contributed by atoms with Crippen molar-refractivity contribution >= 4 is 39.3 Å². The number of rotatable bonds is 4. The van der Waals surface area contributed by atoms with Crippen molar-refractivity contribution in [2.75, 3.05) is 35.2 Å². The highest BCUT2D eigenvalue weighted by Gasteiger charge is 2.37. The second-order valence-corrected chi connectivity index (χ2v) is 7.39. The van der Waals surface area contributed by atoms with Gasteiger partial charge in [-0.25, -0.2) is 13.4 Å². The number of phenolic OH excluding ortho intramolecular Hbond substituents is 1. The average Bonchev–Trinajstić information content (AvgIpc) is 2.78. The topological polar surface area (TPSA) is 148 Å². The maximum absolute atomic E-state index is 14.5. The van der Waals surface area contributed by atoms with E-state index < -0.39 is 39.9 Å². The fourth-order valence-electron chi connectivity index (χ4n) is 2.39. The summed E-state index contributed by atoms with van der Waals surface area (Å²) in [6.07, 6.45) is 0. The van der Waals surface area contributed by atoms with Gasteiger partial charge in [0.25, 0.3) is 5.91 Å². The first-order valence-corrected chi connectivity index (χ1v) is 8.89. The number of nitrogens with one attached hydrogen (secondary N) is 2. The number of halogens is 1. The van der Waals surface area contributed by atoms with Gasteiger partial charge in [0.05, 0.1) is 0 Å². The summed E-state index contributed by atoms with van der Waals surface area (Å²) in [4.78, 5) is 20.8. The van der Waals surface area contributed by atoms with Crippen molar-refractivity contribution in [1.82, 2.24) is 14.7 Å². The minimum atomic E-state index is -4.28. The van der Waals surface area contributed by atoms with E-state index in [2.05, 4.69) is 15.3 Å². The molecule has 2 heterocycles. The lowest BCUT2D eigenvalue weighted by Crippen LogP contribution is -2.30. The SMILES string of the molecule is CN(C)c1cc(O)nc(Nc2cc(O)c(N3CC(=O)NS3(=O)=O)c(F)c2)n1. The van der Waals surface area contributed by atoms with Gasteiger partial charge in [-0.15, -0.1) is 0 Å². The second-order valence-electron chi connectivity index (χ2n) is 5.79. The molecular weight excluding hydrogens is 383 g/mol. The normalized spacial score (nSPS) is 15.5. The quantitative estimate of drug-likeness (QED) is 0.559. The van der Waals surface area contributed by atoms with E-state index in [1.54, 1.807) is 23.7 Å². The molecule has 0 radical (unpaired) electrons. The van der Waals surface area contributed by atoms with Crippen LogP contribution in [0.25, 0.3) is 0 Å². The number of aromatic hydroxyl groups is 2. The van der Waals surface area contributed by atoms with Crippen LogP contribution < -0.4 is 19.2 Å². The molecule has 2 aromatic rings. The van der Waals surface area contributed by atoms with Gasteiger partial charge in [-0.05, 0) is 6.07 Å². The molecule has 3 rings (SSSR count). The van der Waals surface area contributed by atoms with E-state index in [9.17, 15) is 27.8 Å². The zero-order valence-electron chi connectivity index (χ0n) is 14.1. The molecule has 0 saturated carbocycles. The molecule has 27 heavy (non-hydrogen) atoms. The lowest BCUT2D eigenvalue weighted by atomic mass is 10.2. The Kier molecular flexibility index (Phi) is 4.39. The van der Waals surface area contributed by atoms with E-state index in [4.69, 9.17) is 0 Å². The predicted octanol–water partition coefficient (Wildman–Crippen LogP) is 0.0175. The second kappa shape index (κ2) is 6.42. The van der Waals surface area contributed by atoms with Crippen molar-refractivity contribution in [2.24, 2.45) is 0 Å². The molecule has 0 unspecified atom stereocenters. The monoisotopic (exact) mass is 398 g/mol. The Bertz CT molecular complexity index is 1010. The summed E-state index contributed by atoms with van der Waals surface area (Å²) in [6, 6.07) is 3.25. The molecule has 0 spiro atoms. The zero-order valence-corrected chi connectivity index (χ0v) is 14.9. The van der Waals surface area contributed by atoms with Gasteiger partial charge < -0.3 is 20.4 Å². The van der Waals surface area contributed by atoms with Gasteiger partial charge >= 0.3 is 10.2 Å². The molecule has 1 aromatic heterocycles. The van der Waals surface area contributed by atoms with E-state index >= 15 is 0 Å². The summed E-state index contributed by atoms with van der Waals surface area (Å²) >= 11 is 0. The number of amides is 1. The molecule has 0 bridgehead atoms. The minimum Gasteiger partial charge on any atom is -0.506 e. The van der Waals surface area contributed by atoms with Crippen molar-refractivity contribution < 1.29 is 27.8 Å². The highest BCUT2D eigenvalue weighted by molar-refractivity contribution is 7.92. The Balaban J connectivity index is 1.95. The fourth-order valence-corrected chi connectivity index (χ4v) is 3.56. The van der Waals surface area contributed by atoms with Gasteiger partial charge in [-0.2, -0.15) is 18.4 Å². The third-order valence-electron chi connectivity index (χ3n) is 3.53.